The van der Waals surface area contributed by atoms with Gasteiger partial charge in [-0.2, -0.15) is 0 Å². The van der Waals surface area contributed by atoms with Gasteiger partial charge in [-0.05, 0) is 12.1 Å². The molecule has 3 nitrogen and oxygen atoms in total. The topological polar surface area (TPSA) is 35.5 Å². The normalized spacial score (nSPS) is 18.1. The van der Waals surface area contributed by atoms with E-state index in [0.717, 1.165) is 11.3 Å². The number of hydrogen-bond acceptors (Lipinski definition) is 3. The number of methoxy groups -OCH3 is 1. The Morgan fingerprint density at radius 1 is 1.67 bits per heavy atom. The van der Waals surface area contributed by atoms with Gasteiger partial charge in [-0.3, -0.25) is 4.79 Å². The SMILES string of the molecule is COC(=O)C[C@H]1COc2cc(Cl)ccc21. The van der Waals surface area contributed by atoms with Crippen LogP contribution in [0.15, 0.2) is 18.2 Å². The molecule has 0 aliphatic carbocycles. The summed E-state index contributed by atoms with van der Waals surface area (Å²) in [6.45, 7) is 0.519. The lowest BCUT2D eigenvalue weighted by Crippen LogP contribution is -2.09. The van der Waals surface area contributed by atoms with Crippen LogP contribution in [0, 0.1) is 0 Å². The van der Waals surface area contributed by atoms with Crippen molar-refractivity contribution in [2.45, 2.75) is 12.3 Å². The maximum atomic E-state index is 11.1. The minimum atomic E-state index is -0.216. The van der Waals surface area contributed by atoms with Crippen LogP contribution in [-0.4, -0.2) is 19.7 Å². The molecule has 0 saturated heterocycles. The van der Waals surface area contributed by atoms with E-state index in [9.17, 15) is 4.79 Å². The molecule has 0 amide bonds. The van der Waals surface area contributed by atoms with Crippen LogP contribution in [0.25, 0.3) is 0 Å². The van der Waals surface area contributed by atoms with Gasteiger partial charge in [0.25, 0.3) is 0 Å². The fourth-order valence-corrected chi connectivity index (χ4v) is 1.87. The summed E-state index contributed by atoms with van der Waals surface area (Å²) in [5.74, 6) is 0.646. The van der Waals surface area contributed by atoms with Crippen molar-refractivity contribution in [1.82, 2.24) is 0 Å². The number of carbonyl (C=O) groups excluding carboxylic acids is 1. The van der Waals surface area contributed by atoms with E-state index in [1.807, 2.05) is 6.07 Å². The molecular weight excluding hydrogens is 216 g/mol. The lowest BCUT2D eigenvalue weighted by atomic mass is 9.98. The van der Waals surface area contributed by atoms with Crippen LogP contribution in [0.5, 0.6) is 5.75 Å². The fraction of sp³-hybridized carbons (Fsp3) is 0.364. The Labute approximate surface area is 92.9 Å². The van der Waals surface area contributed by atoms with Gasteiger partial charge in [0, 0.05) is 16.5 Å². The van der Waals surface area contributed by atoms with Gasteiger partial charge >= 0.3 is 5.97 Å². The van der Waals surface area contributed by atoms with Crippen molar-refractivity contribution in [2.75, 3.05) is 13.7 Å². The Kier molecular flexibility index (Phi) is 2.82. The van der Waals surface area contributed by atoms with Crippen molar-refractivity contribution in [1.29, 1.82) is 0 Å². The van der Waals surface area contributed by atoms with Gasteiger partial charge in [0.1, 0.15) is 5.75 Å². The minimum absolute atomic E-state index is 0.0877. The second kappa shape index (κ2) is 4.11. The molecule has 0 fully saturated rings. The standard InChI is InChI=1S/C11H11ClO3/c1-14-11(13)4-7-6-15-10-5-8(12)2-3-9(7)10/h2-3,5,7H,4,6H2,1H3/t7-/m0/s1. The third kappa shape index (κ3) is 2.07. The van der Waals surface area contributed by atoms with Crippen LogP contribution in [0.4, 0.5) is 0 Å². The summed E-state index contributed by atoms with van der Waals surface area (Å²) in [6, 6.07) is 5.48. The Hall–Kier alpha value is -1.22. The zero-order valence-corrected chi connectivity index (χ0v) is 9.08. The minimum Gasteiger partial charge on any atom is -0.493 e. The molecule has 1 aliphatic rings. The van der Waals surface area contributed by atoms with E-state index in [2.05, 4.69) is 4.74 Å². The molecule has 0 unspecified atom stereocenters. The number of fused-ring (bicyclic) bond motifs is 1. The van der Waals surface area contributed by atoms with Crippen LogP contribution >= 0.6 is 11.6 Å². The van der Waals surface area contributed by atoms with Crippen LogP contribution in [0.3, 0.4) is 0 Å². The average Bonchev–Trinajstić information content (AvgIpc) is 2.60. The van der Waals surface area contributed by atoms with Crippen molar-refractivity contribution in [2.24, 2.45) is 0 Å². The highest BCUT2D eigenvalue weighted by atomic mass is 35.5. The maximum absolute atomic E-state index is 11.1. The van der Waals surface area contributed by atoms with Gasteiger partial charge in [0.05, 0.1) is 20.1 Å². The first-order chi connectivity index (χ1) is 7.20. The van der Waals surface area contributed by atoms with Crippen molar-refractivity contribution in [3.63, 3.8) is 0 Å². The molecule has 0 spiro atoms. The largest absolute Gasteiger partial charge is 0.493 e. The number of carbonyl (C=O) groups is 1. The number of halogens is 1. The summed E-state index contributed by atoms with van der Waals surface area (Å²) >= 11 is 5.83. The molecule has 80 valence electrons. The smallest absolute Gasteiger partial charge is 0.306 e. The maximum Gasteiger partial charge on any atom is 0.306 e. The number of hydrogen-bond donors (Lipinski definition) is 0. The van der Waals surface area contributed by atoms with E-state index in [1.165, 1.54) is 7.11 Å². The van der Waals surface area contributed by atoms with Gasteiger partial charge in [-0.15, -0.1) is 0 Å². The van der Waals surface area contributed by atoms with E-state index in [4.69, 9.17) is 16.3 Å². The van der Waals surface area contributed by atoms with Gasteiger partial charge in [-0.25, -0.2) is 0 Å². The van der Waals surface area contributed by atoms with Gasteiger partial charge in [0.2, 0.25) is 0 Å². The molecule has 4 heteroatoms. The molecule has 1 aliphatic heterocycles. The number of esters is 1. The molecule has 0 saturated carbocycles. The van der Waals surface area contributed by atoms with Gasteiger partial charge in [0.15, 0.2) is 0 Å². The first kappa shape index (κ1) is 10.3. The lowest BCUT2D eigenvalue weighted by molar-refractivity contribution is -0.141. The molecular formula is C11H11ClO3. The van der Waals surface area contributed by atoms with E-state index in [1.54, 1.807) is 12.1 Å². The highest BCUT2D eigenvalue weighted by Gasteiger charge is 2.26. The second-order valence-corrected chi connectivity index (χ2v) is 3.91. The number of benzene rings is 1. The highest BCUT2D eigenvalue weighted by molar-refractivity contribution is 6.30. The first-order valence-corrected chi connectivity index (χ1v) is 5.07. The Bertz CT molecular complexity index is 389. The molecule has 1 aromatic carbocycles. The van der Waals surface area contributed by atoms with E-state index in [-0.39, 0.29) is 11.9 Å². The number of rotatable bonds is 2. The zero-order valence-electron chi connectivity index (χ0n) is 8.33. The van der Waals surface area contributed by atoms with Crippen LogP contribution in [-0.2, 0) is 9.53 Å². The summed E-state index contributed by atoms with van der Waals surface area (Å²) in [6.07, 6.45) is 0.352. The van der Waals surface area contributed by atoms with Crippen LogP contribution in [0.2, 0.25) is 5.02 Å². The Morgan fingerprint density at radius 3 is 3.20 bits per heavy atom. The fourth-order valence-electron chi connectivity index (χ4n) is 1.70. The van der Waals surface area contributed by atoms with Crippen molar-refractivity contribution in [3.05, 3.63) is 28.8 Å². The van der Waals surface area contributed by atoms with E-state index in [0.29, 0.717) is 18.1 Å². The summed E-state index contributed by atoms with van der Waals surface area (Å²) in [5, 5.41) is 0.646. The van der Waals surface area contributed by atoms with E-state index >= 15 is 0 Å². The second-order valence-electron chi connectivity index (χ2n) is 3.47. The predicted octanol–water partition coefficient (Wildman–Crippen LogP) is 2.38. The number of ether oxygens (including phenoxy) is 2. The van der Waals surface area contributed by atoms with Crippen LogP contribution in [0.1, 0.15) is 17.9 Å². The van der Waals surface area contributed by atoms with Crippen molar-refractivity contribution >= 4 is 17.6 Å². The van der Waals surface area contributed by atoms with Crippen LogP contribution < -0.4 is 4.74 Å². The highest BCUT2D eigenvalue weighted by Crippen LogP contribution is 2.37. The molecule has 15 heavy (non-hydrogen) atoms. The molecule has 1 atom stereocenters. The molecule has 2 rings (SSSR count). The zero-order chi connectivity index (χ0) is 10.8. The van der Waals surface area contributed by atoms with Crippen molar-refractivity contribution < 1.29 is 14.3 Å². The Morgan fingerprint density at radius 2 is 2.47 bits per heavy atom. The summed E-state index contributed by atoms with van der Waals surface area (Å²) in [4.78, 5) is 11.1. The summed E-state index contributed by atoms with van der Waals surface area (Å²) in [5.41, 5.74) is 1.03. The quantitative estimate of drug-likeness (QED) is 0.727. The Balaban J connectivity index is 2.18. The molecule has 0 radical (unpaired) electrons. The third-order valence-corrected chi connectivity index (χ3v) is 2.73. The monoisotopic (exact) mass is 226 g/mol. The summed E-state index contributed by atoms with van der Waals surface area (Å²) in [7, 11) is 1.39. The predicted molar refractivity (Wildman–Crippen MR) is 56.3 cm³/mol. The molecule has 0 aromatic heterocycles. The molecule has 1 aromatic rings. The molecule has 0 bridgehead atoms. The van der Waals surface area contributed by atoms with Crippen molar-refractivity contribution in [3.8, 4) is 5.75 Å². The first-order valence-electron chi connectivity index (χ1n) is 4.70. The average molecular weight is 227 g/mol. The van der Waals surface area contributed by atoms with Gasteiger partial charge < -0.3 is 9.47 Å². The molecule has 0 N–H and O–H groups in total. The van der Waals surface area contributed by atoms with Gasteiger partial charge in [-0.1, -0.05) is 17.7 Å². The summed E-state index contributed by atoms with van der Waals surface area (Å²) < 4.78 is 10.1. The molecule has 1 heterocycles. The lowest BCUT2D eigenvalue weighted by Gasteiger charge is -2.06. The van der Waals surface area contributed by atoms with E-state index < -0.39 is 0 Å². The third-order valence-electron chi connectivity index (χ3n) is 2.50.